The van der Waals surface area contributed by atoms with E-state index < -0.39 is 11.3 Å². The molecule has 0 aliphatic carbocycles. The molecular formula is C22H29ClN2O2. The average molecular weight is 389 g/mol. The molecule has 0 bridgehead atoms. The van der Waals surface area contributed by atoms with Gasteiger partial charge in [0.25, 0.3) is 5.91 Å². The van der Waals surface area contributed by atoms with Crippen LogP contribution in [0.25, 0.3) is 0 Å². The van der Waals surface area contributed by atoms with Crippen LogP contribution in [-0.4, -0.2) is 10.5 Å². The van der Waals surface area contributed by atoms with Gasteiger partial charge in [-0.2, -0.15) is 0 Å². The van der Waals surface area contributed by atoms with Crippen LogP contribution in [0.4, 0.5) is 5.69 Å². The lowest BCUT2D eigenvalue weighted by atomic mass is 10.1. The Morgan fingerprint density at radius 2 is 1.67 bits per heavy atom. The Bertz CT molecular complexity index is 880. The number of hydrogen-bond acceptors (Lipinski definition) is 2. The Labute approximate surface area is 166 Å². The summed E-state index contributed by atoms with van der Waals surface area (Å²) in [7, 11) is 0. The van der Waals surface area contributed by atoms with Crippen molar-refractivity contribution in [2.75, 3.05) is 5.32 Å². The van der Waals surface area contributed by atoms with Crippen molar-refractivity contribution in [3.05, 3.63) is 61.5 Å². The molecular weight excluding hydrogens is 360 g/mol. The third-order valence-corrected chi connectivity index (χ3v) is 5.54. The zero-order valence-electron chi connectivity index (χ0n) is 16.9. The Morgan fingerprint density at radius 1 is 1.04 bits per heavy atom. The molecule has 2 rings (SSSR count). The molecule has 0 unspecified atom stereocenters. The number of nitrogens with zero attached hydrogens (tertiary/aromatic N) is 1. The summed E-state index contributed by atoms with van der Waals surface area (Å²) in [4.78, 5) is 25.7. The minimum atomic E-state index is -0.404. The van der Waals surface area contributed by atoms with Crippen LogP contribution in [0.15, 0.2) is 23.0 Å². The molecule has 0 aliphatic rings. The third-order valence-electron chi connectivity index (χ3n) is 5.10. The maximum absolute atomic E-state index is 13.0. The van der Waals surface area contributed by atoms with Gasteiger partial charge in [-0.15, -0.1) is 0 Å². The molecule has 1 aromatic heterocycles. The highest BCUT2D eigenvalue weighted by Crippen LogP contribution is 2.22. The first-order chi connectivity index (χ1) is 12.8. The Hall–Kier alpha value is -2.07. The molecule has 0 spiro atoms. The molecule has 1 amide bonds. The second kappa shape index (κ2) is 9.23. The molecule has 0 aliphatic heterocycles. The number of unbranched alkanes of at least 4 members (excludes halogenated alkanes) is 3. The number of aryl methyl sites for hydroxylation is 2. The molecule has 0 saturated heterocycles. The molecule has 0 fully saturated rings. The first-order valence-corrected chi connectivity index (χ1v) is 9.94. The number of anilines is 1. The van der Waals surface area contributed by atoms with Crippen molar-refractivity contribution >= 4 is 23.2 Å². The fourth-order valence-electron chi connectivity index (χ4n) is 3.43. The van der Waals surface area contributed by atoms with Crippen LogP contribution < -0.4 is 10.7 Å². The van der Waals surface area contributed by atoms with Gasteiger partial charge in [-0.3, -0.25) is 9.59 Å². The van der Waals surface area contributed by atoms with Gasteiger partial charge in [0.05, 0.1) is 0 Å². The summed E-state index contributed by atoms with van der Waals surface area (Å²) in [6.07, 6.45) is 4.44. The fraction of sp³-hybridized carbons (Fsp3) is 0.455. The van der Waals surface area contributed by atoms with Gasteiger partial charge in [0.2, 0.25) is 5.43 Å². The molecule has 1 heterocycles. The van der Waals surface area contributed by atoms with E-state index in [1.165, 1.54) is 6.42 Å². The lowest BCUT2D eigenvalue weighted by Gasteiger charge is -2.19. The van der Waals surface area contributed by atoms with E-state index in [1.54, 1.807) is 0 Å². The highest BCUT2D eigenvalue weighted by molar-refractivity contribution is 6.31. The van der Waals surface area contributed by atoms with E-state index in [-0.39, 0.29) is 10.6 Å². The largest absolute Gasteiger partial charge is 0.347 e. The van der Waals surface area contributed by atoms with Crippen LogP contribution in [-0.2, 0) is 6.54 Å². The fourth-order valence-corrected chi connectivity index (χ4v) is 3.63. The topological polar surface area (TPSA) is 51.1 Å². The van der Waals surface area contributed by atoms with Gasteiger partial charge < -0.3 is 9.88 Å². The van der Waals surface area contributed by atoms with Crippen molar-refractivity contribution in [3.8, 4) is 0 Å². The van der Waals surface area contributed by atoms with E-state index in [1.807, 2.05) is 50.5 Å². The summed E-state index contributed by atoms with van der Waals surface area (Å²) in [5, 5.41) is 3.04. The molecule has 0 radical (unpaired) electrons. The summed E-state index contributed by atoms with van der Waals surface area (Å²) >= 11 is 6.30. The van der Waals surface area contributed by atoms with Gasteiger partial charge in [-0.1, -0.05) is 56.0 Å². The Kier molecular flexibility index (Phi) is 7.25. The zero-order chi connectivity index (χ0) is 20.1. The van der Waals surface area contributed by atoms with E-state index in [2.05, 4.69) is 12.2 Å². The van der Waals surface area contributed by atoms with Gasteiger partial charge in [0.15, 0.2) is 0 Å². The summed E-state index contributed by atoms with van der Waals surface area (Å²) in [6, 6.07) is 5.81. The summed E-state index contributed by atoms with van der Waals surface area (Å²) in [5.74, 6) is -0.404. The van der Waals surface area contributed by atoms with E-state index >= 15 is 0 Å². The molecule has 1 N–H and O–H groups in total. The number of rotatable bonds is 7. The predicted octanol–water partition coefficient (Wildman–Crippen LogP) is 5.57. The second-order valence-corrected chi connectivity index (χ2v) is 7.50. The zero-order valence-corrected chi connectivity index (χ0v) is 17.7. The van der Waals surface area contributed by atoms with Crippen molar-refractivity contribution in [3.63, 3.8) is 0 Å². The first-order valence-electron chi connectivity index (χ1n) is 9.56. The quantitative estimate of drug-likeness (QED) is 0.630. The molecule has 2 aromatic rings. The van der Waals surface area contributed by atoms with E-state index in [0.29, 0.717) is 5.69 Å². The minimum Gasteiger partial charge on any atom is -0.347 e. The number of para-hydroxylation sites is 1. The maximum Gasteiger partial charge on any atom is 0.261 e. The van der Waals surface area contributed by atoms with E-state index in [9.17, 15) is 9.59 Å². The van der Waals surface area contributed by atoms with Crippen LogP contribution in [0.3, 0.4) is 0 Å². The third kappa shape index (κ3) is 4.62. The molecule has 5 heteroatoms. The number of benzene rings is 1. The number of carbonyl (C=O) groups is 1. The molecule has 0 atom stereocenters. The summed E-state index contributed by atoms with van der Waals surface area (Å²) < 4.78 is 2.00. The molecule has 27 heavy (non-hydrogen) atoms. The number of halogens is 1. The number of pyridine rings is 1. The van der Waals surface area contributed by atoms with E-state index in [4.69, 9.17) is 11.6 Å². The number of carbonyl (C=O) groups excluding carboxylic acids is 1. The van der Waals surface area contributed by atoms with Crippen molar-refractivity contribution in [1.29, 1.82) is 0 Å². The SMILES string of the molecule is CCCCCCn1c(C)c(Cl)c(=O)c(C(=O)Nc2c(C)cccc2C)c1C. The first kappa shape index (κ1) is 21.2. The van der Waals surface area contributed by atoms with Crippen molar-refractivity contribution < 1.29 is 4.79 Å². The average Bonchev–Trinajstić information content (AvgIpc) is 2.62. The molecule has 0 saturated carbocycles. The Balaban J connectivity index is 2.42. The smallest absolute Gasteiger partial charge is 0.261 e. The number of nitrogens with one attached hydrogen (secondary N) is 1. The van der Waals surface area contributed by atoms with Gasteiger partial charge in [-0.25, -0.2) is 0 Å². The van der Waals surface area contributed by atoms with Crippen LogP contribution >= 0.6 is 11.6 Å². The van der Waals surface area contributed by atoms with E-state index in [0.717, 1.165) is 48.3 Å². The van der Waals surface area contributed by atoms with Crippen molar-refractivity contribution in [1.82, 2.24) is 4.57 Å². The molecule has 4 nitrogen and oxygen atoms in total. The van der Waals surface area contributed by atoms with Crippen molar-refractivity contribution in [2.45, 2.75) is 66.8 Å². The van der Waals surface area contributed by atoms with Gasteiger partial charge in [-0.05, 0) is 45.2 Å². The van der Waals surface area contributed by atoms with Gasteiger partial charge >= 0.3 is 0 Å². The predicted molar refractivity (Wildman–Crippen MR) is 113 cm³/mol. The van der Waals surface area contributed by atoms with Gasteiger partial charge in [0.1, 0.15) is 10.6 Å². The summed E-state index contributed by atoms with van der Waals surface area (Å²) in [5.41, 5.74) is 3.77. The normalized spacial score (nSPS) is 10.9. The summed E-state index contributed by atoms with van der Waals surface area (Å²) in [6.45, 7) is 10.4. The number of amides is 1. The number of aromatic nitrogens is 1. The molecule has 1 aromatic carbocycles. The van der Waals surface area contributed by atoms with Crippen LogP contribution in [0.1, 0.15) is 65.5 Å². The highest BCUT2D eigenvalue weighted by atomic mass is 35.5. The van der Waals surface area contributed by atoms with Crippen LogP contribution in [0.5, 0.6) is 0 Å². The van der Waals surface area contributed by atoms with Gasteiger partial charge in [0, 0.05) is 23.6 Å². The maximum atomic E-state index is 13.0. The van der Waals surface area contributed by atoms with Crippen molar-refractivity contribution in [2.24, 2.45) is 0 Å². The van der Waals surface area contributed by atoms with Crippen LogP contribution in [0, 0.1) is 27.7 Å². The lowest BCUT2D eigenvalue weighted by molar-refractivity contribution is 0.102. The molecule has 146 valence electrons. The highest BCUT2D eigenvalue weighted by Gasteiger charge is 2.22. The minimum absolute atomic E-state index is 0.128. The standard InChI is InChI=1S/C22H29ClN2O2/c1-6-7-8-9-13-25-16(4)18(21(26)19(23)17(25)5)22(27)24-20-14(2)11-10-12-15(20)3/h10-12H,6-9,13H2,1-5H3,(H,24,27). The van der Waals surface area contributed by atoms with Crippen LogP contribution in [0.2, 0.25) is 5.02 Å². The second-order valence-electron chi connectivity index (χ2n) is 7.12. The monoisotopic (exact) mass is 388 g/mol. The number of hydrogen-bond donors (Lipinski definition) is 1. The Morgan fingerprint density at radius 3 is 2.26 bits per heavy atom. The lowest BCUT2D eigenvalue weighted by Crippen LogP contribution is -2.28.